The Morgan fingerprint density at radius 3 is 2.32 bits per heavy atom. The third-order valence-corrected chi connectivity index (χ3v) is 4.14. The van der Waals surface area contributed by atoms with Crippen LogP contribution in [0.5, 0.6) is 5.75 Å². The molecule has 128 valence electrons. The van der Waals surface area contributed by atoms with Gasteiger partial charge in [0.15, 0.2) is 0 Å². The zero-order chi connectivity index (χ0) is 17.8. The summed E-state index contributed by atoms with van der Waals surface area (Å²) in [4.78, 5) is 12.3. The minimum Gasteiger partial charge on any atom is -0.497 e. The fourth-order valence-electron chi connectivity index (χ4n) is 2.91. The van der Waals surface area contributed by atoms with Gasteiger partial charge in [0, 0.05) is 11.4 Å². The van der Waals surface area contributed by atoms with Gasteiger partial charge in [-0.25, -0.2) is 4.79 Å². The number of para-hydroxylation sites is 1. The molecule has 0 amide bonds. The molecule has 2 aromatic carbocycles. The molecule has 0 saturated carbocycles. The number of rotatable bonds is 5. The van der Waals surface area contributed by atoms with Crippen LogP contribution in [0.3, 0.4) is 0 Å². The first-order valence-corrected chi connectivity index (χ1v) is 8.25. The Kier molecular flexibility index (Phi) is 4.89. The predicted molar refractivity (Wildman–Crippen MR) is 98.5 cm³/mol. The van der Waals surface area contributed by atoms with Crippen LogP contribution >= 0.6 is 0 Å². The number of hydrogen-bond donors (Lipinski definition) is 0. The molecule has 0 bridgehead atoms. The maximum absolute atomic E-state index is 12.3. The molecular weight excluding hydrogens is 314 g/mol. The van der Waals surface area contributed by atoms with Crippen LogP contribution in [0.15, 0.2) is 60.7 Å². The van der Waals surface area contributed by atoms with Crippen LogP contribution < -0.4 is 4.74 Å². The van der Waals surface area contributed by atoms with Crippen LogP contribution in [-0.2, 0) is 4.74 Å². The zero-order valence-electron chi connectivity index (χ0n) is 14.7. The second-order valence-corrected chi connectivity index (χ2v) is 5.65. The van der Waals surface area contributed by atoms with Crippen LogP contribution in [0.25, 0.3) is 16.9 Å². The summed E-state index contributed by atoms with van der Waals surface area (Å²) in [6.45, 7) is 4.10. The summed E-state index contributed by atoms with van der Waals surface area (Å²) >= 11 is 0. The number of benzene rings is 2. The van der Waals surface area contributed by atoms with Crippen molar-refractivity contribution in [2.75, 3.05) is 13.7 Å². The van der Waals surface area contributed by atoms with Crippen molar-refractivity contribution < 1.29 is 14.3 Å². The van der Waals surface area contributed by atoms with Gasteiger partial charge in [-0.15, -0.1) is 0 Å². The Labute approximate surface area is 147 Å². The van der Waals surface area contributed by atoms with Gasteiger partial charge in [-0.1, -0.05) is 18.2 Å². The Bertz CT molecular complexity index is 864. The number of carbonyl (C=O) groups excluding carboxylic acids is 1. The molecule has 4 nitrogen and oxygen atoms in total. The molecule has 0 aliphatic carbocycles. The van der Waals surface area contributed by atoms with E-state index in [1.54, 1.807) is 7.11 Å². The van der Waals surface area contributed by atoms with Gasteiger partial charge in [-0.05, 0) is 61.9 Å². The van der Waals surface area contributed by atoms with Crippen molar-refractivity contribution in [3.8, 4) is 22.7 Å². The monoisotopic (exact) mass is 335 g/mol. The smallest absolute Gasteiger partial charge is 0.339 e. The van der Waals surface area contributed by atoms with Crippen LogP contribution in [0.1, 0.15) is 23.0 Å². The van der Waals surface area contributed by atoms with Gasteiger partial charge < -0.3 is 14.0 Å². The van der Waals surface area contributed by atoms with E-state index in [4.69, 9.17) is 9.47 Å². The first-order valence-electron chi connectivity index (χ1n) is 8.25. The molecule has 0 N–H and O–H groups in total. The highest BCUT2D eigenvalue weighted by molar-refractivity contribution is 5.93. The second kappa shape index (κ2) is 7.26. The van der Waals surface area contributed by atoms with E-state index in [1.807, 2.05) is 74.5 Å². The van der Waals surface area contributed by atoms with Crippen molar-refractivity contribution in [3.05, 3.63) is 71.9 Å². The number of carbonyl (C=O) groups is 1. The van der Waals surface area contributed by atoms with Crippen LogP contribution in [0, 0.1) is 6.92 Å². The fourth-order valence-corrected chi connectivity index (χ4v) is 2.91. The quantitative estimate of drug-likeness (QED) is 0.638. The third-order valence-electron chi connectivity index (χ3n) is 4.14. The fraction of sp³-hybridized carbons (Fsp3) is 0.190. The SMILES string of the molecule is CCOC(=O)c1cc(-c2ccc(OC)cc2)n(-c2ccccc2)c1C. The summed E-state index contributed by atoms with van der Waals surface area (Å²) in [5, 5.41) is 0. The molecule has 1 aromatic heterocycles. The minimum atomic E-state index is -0.301. The zero-order valence-corrected chi connectivity index (χ0v) is 14.7. The van der Waals surface area contributed by atoms with Crippen LogP contribution in [0.4, 0.5) is 0 Å². The molecule has 0 fully saturated rings. The molecule has 0 unspecified atom stereocenters. The van der Waals surface area contributed by atoms with E-state index < -0.39 is 0 Å². The van der Waals surface area contributed by atoms with E-state index in [0.717, 1.165) is 28.4 Å². The van der Waals surface area contributed by atoms with Crippen molar-refractivity contribution in [2.24, 2.45) is 0 Å². The van der Waals surface area contributed by atoms with Crippen LogP contribution in [-0.4, -0.2) is 24.3 Å². The van der Waals surface area contributed by atoms with Gasteiger partial charge in [-0.2, -0.15) is 0 Å². The Balaban J connectivity index is 2.18. The van der Waals surface area contributed by atoms with Crippen molar-refractivity contribution in [1.29, 1.82) is 0 Å². The maximum atomic E-state index is 12.3. The predicted octanol–water partition coefficient (Wildman–Crippen LogP) is 4.64. The number of nitrogens with zero attached hydrogens (tertiary/aromatic N) is 1. The van der Waals surface area contributed by atoms with Gasteiger partial charge in [0.2, 0.25) is 0 Å². The summed E-state index contributed by atoms with van der Waals surface area (Å²) in [7, 11) is 1.64. The van der Waals surface area contributed by atoms with Crippen LogP contribution in [0.2, 0.25) is 0 Å². The van der Waals surface area contributed by atoms with Crippen molar-refractivity contribution in [2.45, 2.75) is 13.8 Å². The van der Waals surface area contributed by atoms with Crippen molar-refractivity contribution in [3.63, 3.8) is 0 Å². The molecule has 0 radical (unpaired) electrons. The Morgan fingerprint density at radius 2 is 1.72 bits per heavy atom. The maximum Gasteiger partial charge on any atom is 0.339 e. The first kappa shape index (κ1) is 16.8. The molecule has 3 rings (SSSR count). The average molecular weight is 335 g/mol. The van der Waals surface area contributed by atoms with E-state index >= 15 is 0 Å². The lowest BCUT2D eigenvalue weighted by Crippen LogP contribution is -2.06. The molecule has 0 aliphatic heterocycles. The van der Waals surface area contributed by atoms with E-state index in [2.05, 4.69) is 4.57 Å². The van der Waals surface area contributed by atoms with Gasteiger partial charge >= 0.3 is 5.97 Å². The molecule has 0 saturated heterocycles. The Morgan fingerprint density at radius 1 is 1.04 bits per heavy atom. The van der Waals surface area contributed by atoms with Gasteiger partial charge in [0.05, 0.1) is 25.0 Å². The summed E-state index contributed by atoms with van der Waals surface area (Å²) in [5.41, 5.74) is 4.38. The van der Waals surface area contributed by atoms with Gasteiger partial charge in [0.1, 0.15) is 5.75 Å². The normalized spacial score (nSPS) is 10.5. The topological polar surface area (TPSA) is 40.5 Å². The third kappa shape index (κ3) is 3.29. The highest BCUT2D eigenvalue weighted by Crippen LogP contribution is 2.31. The summed E-state index contributed by atoms with van der Waals surface area (Å²) in [5.74, 6) is 0.494. The molecule has 0 atom stereocenters. The summed E-state index contributed by atoms with van der Waals surface area (Å²) in [6.07, 6.45) is 0. The standard InChI is InChI=1S/C21H21NO3/c1-4-25-21(23)19-14-20(16-10-12-18(24-3)13-11-16)22(15(19)2)17-8-6-5-7-9-17/h5-14H,4H2,1-3H3. The lowest BCUT2D eigenvalue weighted by molar-refractivity contribution is 0.0525. The second-order valence-electron chi connectivity index (χ2n) is 5.65. The molecule has 25 heavy (non-hydrogen) atoms. The van der Waals surface area contributed by atoms with E-state index in [0.29, 0.717) is 12.2 Å². The van der Waals surface area contributed by atoms with Crippen molar-refractivity contribution >= 4 is 5.97 Å². The average Bonchev–Trinajstić information content (AvgIpc) is 3.00. The number of ether oxygens (including phenoxy) is 2. The molecule has 3 aromatic rings. The Hall–Kier alpha value is -3.01. The highest BCUT2D eigenvalue weighted by Gasteiger charge is 2.20. The molecule has 0 spiro atoms. The van der Waals surface area contributed by atoms with Gasteiger partial charge in [0.25, 0.3) is 0 Å². The molecule has 1 heterocycles. The van der Waals surface area contributed by atoms with Crippen molar-refractivity contribution in [1.82, 2.24) is 4.57 Å². The molecular formula is C21H21NO3. The van der Waals surface area contributed by atoms with Gasteiger partial charge in [-0.3, -0.25) is 0 Å². The highest BCUT2D eigenvalue weighted by atomic mass is 16.5. The number of hydrogen-bond acceptors (Lipinski definition) is 3. The molecule has 0 aliphatic rings. The molecule has 4 heteroatoms. The summed E-state index contributed by atoms with van der Waals surface area (Å²) in [6, 6.07) is 19.7. The lowest BCUT2D eigenvalue weighted by atomic mass is 10.1. The van der Waals surface area contributed by atoms with E-state index in [1.165, 1.54) is 0 Å². The largest absolute Gasteiger partial charge is 0.497 e. The minimum absolute atomic E-state index is 0.301. The van der Waals surface area contributed by atoms with E-state index in [-0.39, 0.29) is 5.97 Å². The number of methoxy groups -OCH3 is 1. The number of aromatic nitrogens is 1. The van der Waals surface area contributed by atoms with E-state index in [9.17, 15) is 4.79 Å². The lowest BCUT2D eigenvalue weighted by Gasteiger charge is -2.12. The number of esters is 1. The summed E-state index contributed by atoms with van der Waals surface area (Å²) < 4.78 is 12.5. The first-order chi connectivity index (χ1) is 12.2.